The highest BCUT2D eigenvalue weighted by Crippen LogP contribution is 2.07. The van der Waals surface area contributed by atoms with Crippen LogP contribution < -0.4 is 10.6 Å². The molecule has 0 aliphatic carbocycles. The molecule has 0 unspecified atom stereocenters. The summed E-state index contributed by atoms with van der Waals surface area (Å²) in [5, 5.41) is 6.40. The Bertz CT molecular complexity index is 246. The van der Waals surface area contributed by atoms with Gasteiger partial charge in [-0.3, -0.25) is 9.69 Å². The number of amides is 1. The average molecular weight is 264 g/mol. The molecule has 4 nitrogen and oxygen atoms in total. The molecule has 1 rings (SSSR count). The van der Waals surface area contributed by atoms with E-state index in [9.17, 15) is 4.79 Å². The minimum atomic E-state index is -0.0889. The third-order valence-electron chi connectivity index (χ3n) is 3.35. The molecule has 1 aliphatic heterocycles. The third kappa shape index (κ3) is 5.70. The zero-order valence-corrected chi connectivity index (χ0v) is 12.2. The number of carbonyl (C=O) groups is 1. The van der Waals surface area contributed by atoms with Crippen LogP contribution >= 0.6 is 12.4 Å². The molecule has 1 saturated heterocycles. The molecule has 1 atom stereocenters. The lowest BCUT2D eigenvalue weighted by Gasteiger charge is -2.34. The minimum absolute atomic E-state index is 0. The van der Waals surface area contributed by atoms with Gasteiger partial charge in [-0.25, -0.2) is 0 Å². The Morgan fingerprint density at radius 2 is 2.18 bits per heavy atom. The summed E-state index contributed by atoms with van der Waals surface area (Å²) in [6, 6.07) is 0.448. The van der Waals surface area contributed by atoms with E-state index in [0.29, 0.717) is 12.6 Å². The number of rotatable bonds is 4. The zero-order valence-electron chi connectivity index (χ0n) is 11.4. The normalized spacial score (nSPS) is 21.8. The molecule has 0 bridgehead atoms. The Balaban J connectivity index is 0.00000256. The van der Waals surface area contributed by atoms with Crippen molar-refractivity contribution >= 4 is 18.3 Å². The van der Waals surface area contributed by atoms with Crippen molar-refractivity contribution in [3.8, 4) is 0 Å². The lowest BCUT2D eigenvalue weighted by Crippen LogP contribution is -2.54. The van der Waals surface area contributed by atoms with Gasteiger partial charge in [0, 0.05) is 31.2 Å². The SMILES string of the molecule is CCC(C)(C)NC(=O)CN1CCNC[C@H]1C.Cl. The van der Waals surface area contributed by atoms with Crippen LogP contribution in [0.15, 0.2) is 0 Å². The van der Waals surface area contributed by atoms with Crippen LogP contribution in [0.4, 0.5) is 0 Å². The van der Waals surface area contributed by atoms with Crippen LogP contribution in [0.25, 0.3) is 0 Å². The van der Waals surface area contributed by atoms with Gasteiger partial charge in [-0.2, -0.15) is 0 Å². The fourth-order valence-electron chi connectivity index (χ4n) is 1.81. The van der Waals surface area contributed by atoms with Gasteiger partial charge in [0.25, 0.3) is 0 Å². The number of piperazine rings is 1. The first kappa shape index (κ1) is 16.7. The van der Waals surface area contributed by atoms with Crippen molar-refractivity contribution in [2.75, 3.05) is 26.2 Å². The Hall–Kier alpha value is -0.320. The van der Waals surface area contributed by atoms with E-state index in [4.69, 9.17) is 0 Å². The molecule has 102 valence electrons. The van der Waals surface area contributed by atoms with E-state index in [0.717, 1.165) is 26.1 Å². The second kappa shape index (κ2) is 7.19. The van der Waals surface area contributed by atoms with E-state index in [-0.39, 0.29) is 23.9 Å². The summed E-state index contributed by atoms with van der Waals surface area (Å²) in [4.78, 5) is 14.1. The summed E-state index contributed by atoms with van der Waals surface area (Å²) in [5.74, 6) is 0.139. The molecule has 2 N–H and O–H groups in total. The van der Waals surface area contributed by atoms with E-state index >= 15 is 0 Å². The van der Waals surface area contributed by atoms with Crippen LogP contribution in [0.3, 0.4) is 0 Å². The monoisotopic (exact) mass is 263 g/mol. The highest BCUT2D eigenvalue weighted by atomic mass is 35.5. The molecule has 1 fully saturated rings. The number of halogens is 1. The lowest BCUT2D eigenvalue weighted by atomic mass is 10.0. The highest BCUT2D eigenvalue weighted by Gasteiger charge is 2.23. The Morgan fingerprint density at radius 1 is 1.53 bits per heavy atom. The molecule has 0 aromatic heterocycles. The number of hydrogen-bond donors (Lipinski definition) is 2. The Labute approximate surface area is 111 Å². The van der Waals surface area contributed by atoms with Gasteiger partial charge in [0.05, 0.1) is 6.54 Å². The summed E-state index contributed by atoms with van der Waals surface area (Å²) in [6.45, 7) is 11.8. The van der Waals surface area contributed by atoms with Crippen LogP contribution in [0.1, 0.15) is 34.1 Å². The molecular weight excluding hydrogens is 238 g/mol. The molecule has 1 aliphatic rings. The number of nitrogens with one attached hydrogen (secondary N) is 2. The summed E-state index contributed by atoms with van der Waals surface area (Å²) < 4.78 is 0. The van der Waals surface area contributed by atoms with Crippen LogP contribution in [-0.2, 0) is 4.79 Å². The van der Waals surface area contributed by atoms with Crippen LogP contribution in [0, 0.1) is 0 Å². The smallest absolute Gasteiger partial charge is 0.234 e. The van der Waals surface area contributed by atoms with E-state index < -0.39 is 0 Å². The van der Waals surface area contributed by atoms with E-state index in [2.05, 4.69) is 43.2 Å². The van der Waals surface area contributed by atoms with Gasteiger partial charge in [-0.15, -0.1) is 12.4 Å². The maximum Gasteiger partial charge on any atom is 0.234 e. The van der Waals surface area contributed by atoms with Crippen molar-refractivity contribution in [2.24, 2.45) is 0 Å². The maximum atomic E-state index is 11.9. The molecule has 0 radical (unpaired) electrons. The predicted octanol–water partition coefficient (Wildman–Crippen LogP) is 1.01. The number of nitrogens with zero attached hydrogens (tertiary/aromatic N) is 1. The molecule has 0 aromatic rings. The van der Waals surface area contributed by atoms with Crippen molar-refractivity contribution in [1.29, 1.82) is 0 Å². The first-order chi connectivity index (χ1) is 7.44. The van der Waals surface area contributed by atoms with Crippen LogP contribution in [-0.4, -0.2) is 48.6 Å². The van der Waals surface area contributed by atoms with Gasteiger partial charge in [0.15, 0.2) is 0 Å². The average Bonchev–Trinajstić information content (AvgIpc) is 2.21. The molecule has 5 heteroatoms. The predicted molar refractivity (Wildman–Crippen MR) is 73.7 cm³/mol. The topological polar surface area (TPSA) is 44.4 Å². The summed E-state index contributed by atoms with van der Waals surface area (Å²) in [7, 11) is 0. The second-order valence-corrected chi connectivity index (χ2v) is 5.31. The van der Waals surface area contributed by atoms with Gasteiger partial charge in [0.2, 0.25) is 5.91 Å². The third-order valence-corrected chi connectivity index (χ3v) is 3.35. The van der Waals surface area contributed by atoms with E-state index in [1.54, 1.807) is 0 Å². The van der Waals surface area contributed by atoms with Crippen molar-refractivity contribution < 1.29 is 4.79 Å². The number of hydrogen-bond acceptors (Lipinski definition) is 3. The zero-order chi connectivity index (χ0) is 12.2. The van der Waals surface area contributed by atoms with Crippen LogP contribution in [0.5, 0.6) is 0 Å². The summed E-state index contributed by atoms with van der Waals surface area (Å²) in [5.41, 5.74) is -0.0889. The van der Waals surface area contributed by atoms with E-state index in [1.807, 2.05) is 0 Å². The van der Waals surface area contributed by atoms with Gasteiger partial charge in [-0.1, -0.05) is 6.92 Å². The molecule has 0 spiro atoms. The van der Waals surface area contributed by atoms with E-state index in [1.165, 1.54) is 0 Å². The largest absolute Gasteiger partial charge is 0.350 e. The van der Waals surface area contributed by atoms with Crippen molar-refractivity contribution in [3.63, 3.8) is 0 Å². The minimum Gasteiger partial charge on any atom is -0.350 e. The van der Waals surface area contributed by atoms with Crippen molar-refractivity contribution in [2.45, 2.75) is 45.7 Å². The van der Waals surface area contributed by atoms with Gasteiger partial charge in [0.1, 0.15) is 0 Å². The van der Waals surface area contributed by atoms with Gasteiger partial charge in [-0.05, 0) is 27.2 Å². The molecule has 1 amide bonds. The summed E-state index contributed by atoms with van der Waals surface area (Å²) in [6.07, 6.45) is 0.954. The Morgan fingerprint density at radius 3 is 2.71 bits per heavy atom. The highest BCUT2D eigenvalue weighted by molar-refractivity contribution is 5.85. The standard InChI is InChI=1S/C12H25N3O.ClH/c1-5-12(3,4)14-11(16)9-15-7-6-13-8-10(15)2;/h10,13H,5-9H2,1-4H3,(H,14,16);1H/t10-;/m1./s1. The molecule has 0 aromatic carbocycles. The first-order valence-electron chi connectivity index (χ1n) is 6.20. The fourth-order valence-corrected chi connectivity index (χ4v) is 1.81. The molecule has 0 saturated carbocycles. The number of carbonyl (C=O) groups excluding carboxylic acids is 1. The van der Waals surface area contributed by atoms with Crippen molar-refractivity contribution in [1.82, 2.24) is 15.5 Å². The molecule has 17 heavy (non-hydrogen) atoms. The first-order valence-corrected chi connectivity index (χ1v) is 6.20. The van der Waals surface area contributed by atoms with Crippen molar-refractivity contribution in [3.05, 3.63) is 0 Å². The van der Waals surface area contributed by atoms with Gasteiger partial charge < -0.3 is 10.6 Å². The molecular formula is C12H26ClN3O. The fraction of sp³-hybridized carbons (Fsp3) is 0.917. The second-order valence-electron chi connectivity index (χ2n) is 5.31. The Kier molecular flexibility index (Phi) is 7.05. The van der Waals surface area contributed by atoms with Gasteiger partial charge >= 0.3 is 0 Å². The maximum absolute atomic E-state index is 11.9. The lowest BCUT2D eigenvalue weighted by molar-refractivity contribution is -0.124. The quantitative estimate of drug-likeness (QED) is 0.796. The summed E-state index contributed by atoms with van der Waals surface area (Å²) >= 11 is 0. The van der Waals surface area contributed by atoms with Crippen LogP contribution in [0.2, 0.25) is 0 Å². The molecule has 1 heterocycles.